The van der Waals surface area contributed by atoms with Crippen LogP contribution in [-0.2, 0) is 9.59 Å². The highest BCUT2D eigenvalue weighted by atomic mass is 16.5. The van der Waals surface area contributed by atoms with Crippen LogP contribution in [0.3, 0.4) is 0 Å². The molecule has 9 nitrogen and oxygen atoms in total. The molecule has 4 atom stereocenters. The molecule has 2 aliphatic rings. The van der Waals surface area contributed by atoms with Crippen molar-refractivity contribution in [2.24, 2.45) is 17.6 Å². The predicted molar refractivity (Wildman–Crippen MR) is 135 cm³/mol. The Bertz CT molecular complexity index is 1150. The second kappa shape index (κ2) is 11.8. The van der Waals surface area contributed by atoms with E-state index < -0.39 is 17.9 Å². The number of hydrogen-bond acceptors (Lipinski definition) is 6. The normalized spacial score (nSPS) is 20.7. The van der Waals surface area contributed by atoms with E-state index in [1.54, 1.807) is 24.3 Å². The van der Waals surface area contributed by atoms with Crippen LogP contribution in [0.15, 0.2) is 48.5 Å². The van der Waals surface area contributed by atoms with Crippen LogP contribution in [0, 0.1) is 23.7 Å². The van der Waals surface area contributed by atoms with Gasteiger partial charge in [0.05, 0.1) is 6.54 Å². The van der Waals surface area contributed by atoms with Crippen LogP contribution in [0.1, 0.15) is 47.2 Å². The lowest BCUT2D eigenvalue weighted by atomic mass is 9.95. The molecule has 0 saturated heterocycles. The van der Waals surface area contributed by atoms with Gasteiger partial charge in [0, 0.05) is 35.0 Å². The van der Waals surface area contributed by atoms with Gasteiger partial charge in [-0.25, -0.2) is 5.48 Å². The lowest BCUT2D eigenvalue weighted by molar-refractivity contribution is -0.130. The number of anilines is 1. The minimum Gasteiger partial charge on any atom is -0.339 e. The Morgan fingerprint density at radius 1 is 0.972 bits per heavy atom. The van der Waals surface area contributed by atoms with Gasteiger partial charge in [-0.3, -0.25) is 19.6 Å². The summed E-state index contributed by atoms with van der Waals surface area (Å²) < 4.78 is 0. The van der Waals surface area contributed by atoms with Gasteiger partial charge in [-0.15, -0.1) is 0 Å². The zero-order valence-corrected chi connectivity index (χ0v) is 19.9. The SMILES string of the molecule is NC[C@H](NC(=O)c1ccc(C#Cc2ccc(NC(=O)CNC3C[C@@H]4CCC3C4)cc2)cc1)C(=O)NO. The van der Waals surface area contributed by atoms with Gasteiger partial charge < -0.3 is 21.7 Å². The molecule has 2 aliphatic carbocycles. The van der Waals surface area contributed by atoms with Gasteiger partial charge in [0.25, 0.3) is 11.8 Å². The molecule has 4 rings (SSSR count). The number of nitrogens with one attached hydrogen (secondary N) is 4. The molecule has 0 radical (unpaired) electrons. The first kappa shape index (κ1) is 25.4. The number of benzene rings is 2. The Hall–Kier alpha value is -3.71. The van der Waals surface area contributed by atoms with E-state index in [-0.39, 0.29) is 12.5 Å². The van der Waals surface area contributed by atoms with Crippen molar-refractivity contribution in [3.05, 3.63) is 65.2 Å². The minimum atomic E-state index is -1.03. The molecule has 2 fully saturated rings. The Morgan fingerprint density at radius 2 is 1.64 bits per heavy atom. The van der Waals surface area contributed by atoms with Crippen molar-refractivity contribution in [1.82, 2.24) is 16.1 Å². The smallest absolute Gasteiger partial charge is 0.267 e. The number of carbonyl (C=O) groups excluding carboxylic acids is 3. The standard InChI is InChI=1S/C27H31N5O4/c28-15-24(27(35)32-36)31-26(34)20-8-3-17(4-9-20)1-2-18-6-11-22(12-7-18)30-25(33)16-29-23-14-19-5-10-21(23)13-19/h3-4,6-9,11-12,19,21,23-24,29,36H,5,10,13-16,28H2,(H,30,33)(H,31,34)(H,32,35)/t19-,21?,23?,24+/m1/s1. The van der Waals surface area contributed by atoms with E-state index in [1.807, 2.05) is 24.3 Å². The predicted octanol–water partition coefficient (Wildman–Crippen LogP) is 1.37. The molecule has 2 bridgehead atoms. The molecular formula is C27H31N5O4. The third kappa shape index (κ3) is 6.49. The summed E-state index contributed by atoms with van der Waals surface area (Å²) in [5.41, 5.74) is 9.47. The summed E-state index contributed by atoms with van der Waals surface area (Å²) in [6, 6.07) is 13.3. The first-order valence-corrected chi connectivity index (χ1v) is 12.2. The minimum absolute atomic E-state index is 0.0458. The van der Waals surface area contributed by atoms with Crippen molar-refractivity contribution in [3.63, 3.8) is 0 Å². The highest BCUT2D eigenvalue weighted by molar-refractivity contribution is 5.97. The fourth-order valence-electron chi connectivity index (χ4n) is 4.96. The van der Waals surface area contributed by atoms with Crippen LogP contribution in [-0.4, -0.2) is 48.1 Å². The Labute approximate surface area is 210 Å². The van der Waals surface area contributed by atoms with E-state index in [9.17, 15) is 14.4 Å². The fourth-order valence-corrected chi connectivity index (χ4v) is 4.96. The molecule has 9 heteroatoms. The van der Waals surface area contributed by atoms with Gasteiger partial charge in [-0.05, 0) is 79.6 Å². The molecular weight excluding hydrogens is 458 g/mol. The van der Waals surface area contributed by atoms with Gasteiger partial charge in [0.1, 0.15) is 6.04 Å². The van der Waals surface area contributed by atoms with Crippen molar-refractivity contribution in [3.8, 4) is 11.8 Å². The van der Waals surface area contributed by atoms with Gasteiger partial charge in [-0.2, -0.15) is 0 Å². The summed E-state index contributed by atoms with van der Waals surface area (Å²) in [6.45, 7) is 0.174. The van der Waals surface area contributed by atoms with E-state index in [0.29, 0.717) is 23.7 Å². The second-order valence-electron chi connectivity index (χ2n) is 9.35. The van der Waals surface area contributed by atoms with Crippen molar-refractivity contribution < 1.29 is 19.6 Å². The summed E-state index contributed by atoms with van der Waals surface area (Å²) in [4.78, 5) is 36.0. The molecule has 36 heavy (non-hydrogen) atoms. The highest BCUT2D eigenvalue weighted by Gasteiger charge is 2.39. The number of amides is 3. The van der Waals surface area contributed by atoms with Crippen LogP contribution < -0.4 is 27.2 Å². The monoisotopic (exact) mass is 489 g/mol. The Balaban J connectivity index is 1.26. The molecule has 188 valence electrons. The number of hydroxylamine groups is 1. The maximum Gasteiger partial charge on any atom is 0.267 e. The van der Waals surface area contributed by atoms with Crippen molar-refractivity contribution in [2.45, 2.75) is 37.8 Å². The van der Waals surface area contributed by atoms with Crippen LogP contribution in [0.5, 0.6) is 0 Å². The third-order valence-corrected chi connectivity index (χ3v) is 6.90. The summed E-state index contributed by atoms with van der Waals surface area (Å²) >= 11 is 0. The number of hydrogen-bond donors (Lipinski definition) is 6. The van der Waals surface area contributed by atoms with E-state index >= 15 is 0 Å². The van der Waals surface area contributed by atoms with E-state index in [0.717, 1.165) is 23.1 Å². The number of fused-ring (bicyclic) bond motifs is 2. The van der Waals surface area contributed by atoms with Gasteiger partial charge in [0.2, 0.25) is 5.91 Å². The molecule has 0 aromatic heterocycles. The van der Waals surface area contributed by atoms with Crippen molar-refractivity contribution in [2.75, 3.05) is 18.4 Å². The summed E-state index contributed by atoms with van der Waals surface area (Å²) in [5.74, 6) is 6.35. The maximum absolute atomic E-state index is 12.3. The lowest BCUT2D eigenvalue weighted by Crippen LogP contribution is -2.50. The van der Waals surface area contributed by atoms with Crippen molar-refractivity contribution in [1.29, 1.82) is 0 Å². The van der Waals surface area contributed by atoms with E-state index in [1.165, 1.54) is 31.2 Å². The zero-order chi connectivity index (χ0) is 25.5. The average molecular weight is 490 g/mol. The average Bonchev–Trinajstić information content (AvgIpc) is 3.53. The van der Waals surface area contributed by atoms with Crippen molar-refractivity contribution >= 4 is 23.4 Å². The molecule has 3 amide bonds. The molecule has 0 heterocycles. The zero-order valence-electron chi connectivity index (χ0n) is 19.9. The third-order valence-electron chi connectivity index (χ3n) is 6.90. The van der Waals surface area contributed by atoms with Gasteiger partial charge >= 0.3 is 0 Å². The molecule has 2 aromatic rings. The van der Waals surface area contributed by atoms with E-state index in [4.69, 9.17) is 10.9 Å². The highest BCUT2D eigenvalue weighted by Crippen LogP contribution is 2.44. The van der Waals surface area contributed by atoms with Gasteiger partial charge in [-0.1, -0.05) is 18.3 Å². The number of carbonyl (C=O) groups is 3. The number of rotatable bonds is 8. The fraction of sp³-hybridized carbons (Fsp3) is 0.370. The quantitative estimate of drug-likeness (QED) is 0.188. The lowest BCUT2D eigenvalue weighted by Gasteiger charge is -2.22. The molecule has 2 unspecified atom stereocenters. The second-order valence-corrected chi connectivity index (χ2v) is 9.35. The van der Waals surface area contributed by atoms with Gasteiger partial charge in [0.15, 0.2) is 0 Å². The maximum atomic E-state index is 12.3. The molecule has 7 N–H and O–H groups in total. The summed E-state index contributed by atoms with van der Waals surface area (Å²) in [7, 11) is 0. The topological polar surface area (TPSA) is 146 Å². The molecule has 2 saturated carbocycles. The van der Waals surface area contributed by atoms with E-state index in [2.05, 4.69) is 27.8 Å². The molecule has 0 spiro atoms. The van der Waals surface area contributed by atoms with Crippen LogP contribution in [0.25, 0.3) is 0 Å². The Morgan fingerprint density at radius 3 is 2.19 bits per heavy atom. The summed E-state index contributed by atoms with van der Waals surface area (Å²) in [6.07, 6.45) is 5.13. The summed E-state index contributed by atoms with van der Waals surface area (Å²) in [5, 5.41) is 17.5. The van der Waals surface area contributed by atoms with Crippen LogP contribution in [0.4, 0.5) is 5.69 Å². The molecule has 0 aliphatic heterocycles. The Kier molecular flexibility index (Phi) is 8.33. The molecule has 2 aromatic carbocycles. The van der Waals surface area contributed by atoms with Crippen LogP contribution in [0.2, 0.25) is 0 Å². The first-order valence-electron chi connectivity index (χ1n) is 12.2. The first-order chi connectivity index (χ1) is 17.4. The largest absolute Gasteiger partial charge is 0.339 e. The van der Waals surface area contributed by atoms with Crippen LogP contribution >= 0.6 is 0 Å². The number of nitrogens with two attached hydrogens (primary N) is 1.